The van der Waals surface area contributed by atoms with E-state index in [0.717, 1.165) is 0 Å². The summed E-state index contributed by atoms with van der Waals surface area (Å²) in [5, 5.41) is 15.5. The van der Waals surface area contributed by atoms with Gasteiger partial charge in [0.05, 0.1) is 36.9 Å². The lowest BCUT2D eigenvalue weighted by atomic mass is 9.70. The SMILES string of the molecule is CCOc1ccc(NC(=O)[C@H]2[C@@H]3SC4(CC3Br)C(C(=O)Nc3ccc(OC)cc3)N(CCO)C(=O)[C@H]24)cc1. The number of hydrogen-bond donors (Lipinski definition) is 3. The van der Waals surface area contributed by atoms with E-state index in [-0.39, 0.29) is 41.0 Å². The number of methoxy groups -OCH3 is 1. The van der Waals surface area contributed by atoms with Gasteiger partial charge in [-0.15, -0.1) is 11.8 Å². The fourth-order valence-electron chi connectivity index (χ4n) is 5.99. The zero-order valence-electron chi connectivity index (χ0n) is 21.1. The minimum absolute atomic E-state index is 0.0171. The van der Waals surface area contributed by atoms with Gasteiger partial charge in [-0.25, -0.2) is 0 Å². The monoisotopic (exact) mass is 603 g/mol. The molecule has 0 saturated carbocycles. The highest BCUT2D eigenvalue weighted by molar-refractivity contribution is 9.09. The van der Waals surface area contributed by atoms with Gasteiger partial charge in [-0.3, -0.25) is 14.4 Å². The van der Waals surface area contributed by atoms with Crippen molar-refractivity contribution in [1.82, 2.24) is 4.90 Å². The van der Waals surface area contributed by atoms with Crippen LogP contribution >= 0.6 is 27.7 Å². The number of nitrogens with one attached hydrogen (secondary N) is 2. The molecule has 38 heavy (non-hydrogen) atoms. The van der Waals surface area contributed by atoms with Crippen molar-refractivity contribution in [1.29, 1.82) is 0 Å². The summed E-state index contributed by atoms with van der Waals surface area (Å²) in [5.41, 5.74) is 1.18. The van der Waals surface area contributed by atoms with Crippen molar-refractivity contribution in [2.24, 2.45) is 11.8 Å². The number of benzene rings is 2. The number of hydrogen-bond acceptors (Lipinski definition) is 7. The summed E-state index contributed by atoms with van der Waals surface area (Å²) in [4.78, 5) is 42.6. The Balaban J connectivity index is 1.42. The highest BCUT2D eigenvalue weighted by Gasteiger charge is 2.75. The molecule has 202 valence electrons. The van der Waals surface area contributed by atoms with Crippen LogP contribution in [-0.2, 0) is 14.4 Å². The Morgan fingerprint density at radius 2 is 1.68 bits per heavy atom. The number of aliphatic hydroxyl groups is 1. The van der Waals surface area contributed by atoms with E-state index in [1.54, 1.807) is 67.4 Å². The van der Waals surface area contributed by atoms with Gasteiger partial charge in [0.1, 0.15) is 17.5 Å². The number of carbonyl (C=O) groups excluding carboxylic acids is 3. The summed E-state index contributed by atoms with van der Waals surface area (Å²) in [6.07, 6.45) is 0.564. The van der Waals surface area contributed by atoms with E-state index in [2.05, 4.69) is 26.6 Å². The molecule has 0 radical (unpaired) electrons. The Morgan fingerprint density at radius 1 is 1.08 bits per heavy atom. The highest BCUT2D eigenvalue weighted by Crippen LogP contribution is 2.67. The Bertz CT molecular complexity index is 1210. The van der Waals surface area contributed by atoms with Crippen LogP contribution in [0.2, 0.25) is 0 Å². The number of rotatable bonds is 9. The Morgan fingerprint density at radius 3 is 2.26 bits per heavy atom. The lowest BCUT2D eigenvalue weighted by molar-refractivity contribution is -0.138. The zero-order valence-corrected chi connectivity index (χ0v) is 23.5. The Labute approximate surface area is 233 Å². The summed E-state index contributed by atoms with van der Waals surface area (Å²) >= 11 is 5.29. The van der Waals surface area contributed by atoms with E-state index in [4.69, 9.17) is 9.47 Å². The molecule has 3 fully saturated rings. The van der Waals surface area contributed by atoms with Crippen molar-refractivity contribution < 1.29 is 29.0 Å². The molecule has 1 spiro atoms. The Kier molecular flexibility index (Phi) is 7.61. The van der Waals surface area contributed by atoms with Gasteiger partial charge in [0.25, 0.3) is 0 Å². The molecular weight excluding hydrogens is 574 g/mol. The molecule has 0 aliphatic carbocycles. The number of β-amino-alcohol motifs (C(OH)–C–C–N with tert-alkyl or cyclic N) is 1. The predicted octanol–water partition coefficient (Wildman–Crippen LogP) is 3.13. The van der Waals surface area contributed by atoms with Gasteiger partial charge in [-0.1, -0.05) is 15.9 Å². The molecule has 9 nitrogen and oxygen atoms in total. The third kappa shape index (κ3) is 4.54. The van der Waals surface area contributed by atoms with Gasteiger partial charge in [-0.05, 0) is 61.9 Å². The van der Waals surface area contributed by atoms with Gasteiger partial charge < -0.3 is 30.1 Å². The van der Waals surface area contributed by atoms with E-state index in [1.165, 1.54) is 4.90 Å². The molecule has 0 aromatic heterocycles. The van der Waals surface area contributed by atoms with Crippen molar-refractivity contribution in [2.45, 2.75) is 34.2 Å². The van der Waals surface area contributed by atoms with Crippen LogP contribution in [0.3, 0.4) is 0 Å². The molecule has 5 rings (SSSR count). The number of fused-ring (bicyclic) bond motifs is 1. The standard InChI is InChI=1S/C27H30BrN3O6S/c1-3-37-18-10-6-15(7-11-18)29-24(33)20-21-26(35)31(12-13-32)23(27(21)14-19(28)22(20)38-27)25(34)30-16-4-8-17(36-2)9-5-16/h4-11,19-23,32H,3,12-14H2,1-2H3,(H,29,33)(H,30,34)/t19?,20-,21+,22-,23?,27?/m1/s1. The summed E-state index contributed by atoms with van der Waals surface area (Å²) in [6.45, 7) is 2.18. The topological polar surface area (TPSA) is 117 Å². The van der Waals surface area contributed by atoms with Gasteiger partial charge in [0.15, 0.2) is 0 Å². The maximum atomic E-state index is 13.8. The maximum Gasteiger partial charge on any atom is 0.248 e. The number of halogens is 1. The van der Waals surface area contributed by atoms with E-state index in [9.17, 15) is 19.5 Å². The number of aliphatic hydroxyl groups excluding tert-OH is 1. The second-order valence-electron chi connectivity index (χ2n) is 9.58. The molecule has 3 aliphatic heterocycles. The van der Waals surface area contributed by atoms with Gasteiger partial charge in [0.2, 0.25) is 17.7 Å². The van der Waals surface area contributed by atoms with Gasteiger partial charge >= 0.3 is 0 Å². The minimum Gasteiger partial charge on any atom is -0.497 e. The number of nitrogens with zero attached hydrogens (tertiary/aromatic N) is 1. The minimum atomic E-state index is -0.826. The van der Waals surface area contributed by atoms with Crippen molar-refractivity contribution in [3.63, 3.8) is 0 Å². The van der Waals surface area contributed by atoms with Crippen LogP contribution in [0.15, 0.2) is 48.5 Å². The van der Waals surface area contributed by atoms with Crippen molar-refractivity contribution in [3.8, 4) is 11.5 Å². The van der Waals surface area contributed by atoms with Crippen LogP contribution < -0.4 is 20.1 Å². The van der Waals surface area contributed by atoms with Crippen molar-refractivity contribution in [2.75, 3.05) is 37.5 Å². The van der Waals surface area contributed by atoms with E-state index >= 15 is 0 Å². The van der Waals surface area contributed by atoms with Gasteiger partial charge in [-0.2, -0.15) is 0 Å². The third-order valence-electron chi connectivity index (χ3n) is 7.47. The average molecular weight is 605 g/mol. The van der Waals surface area contributed by atoms with Crippen LogP contribution in [0, 0.1) is 11.8 Å². The van der Waals surface area contributed by atoms with Gasteiger partial charge in [0, 0.05) is 28.0 Å². The lowest BCUT2D eigenvalue weighted by Crippen LogP contribution is -2.53. The maximum absolute atomic E-state index is 13.8. The lowest BCUT2D eigenvalue weighted by Gasteiger charge is -2.35. The van der Waals surface area contributed by atoms with E-state index in [0.29, 0.717) is 35.9 Å². The molecule has 3 amide bonds. The van der Waals surface area contributed by atoms with Crippen LogP contribution in [0.1, 0.15) is 13.3 Å². The first-order valence-electron chi connectivity index (χ1n) is 12.5. The third-order valence-corrected chi connectivity index (χ3v) is 10.7. The fourth-order valence-corrected chi connectivity index (χ4v) is 9.60. The van der Waals surface area contributed by atoms with E-state index in [1.807, 2.05) is 6.92 Å². The predicted molar refractivity (Wildman–Crippen MR) is 149 cm³/mol. The average Bonchev–Trinajstić information content (AvgIpc) is 3.49. The summed E-state index contributed by atoms with van der Waals surface area (Å²) in [5.74, 6) is -0.791. The van der Waals surface area contributed by atoms with Crippen LogP contribution in [0.5, 0.6) is 11.5 Å². The quantitative estimate of drug-likeness (QED) is 0.377. The van der Waals surface area contributed by atoms with Crippen LogP contribution in [0.25, 0.3) is 0 Å². The summed E-state index contributed by atoms with van der Waals surface area (Å²) in [7, 11) is 1.57. The smallest absolute Gasteiger partial charge is 0.248 e. The number of anilines is 2. The van der Waals surface area contributed by atoms with Crippen molar-refractivity contribution >= 4 is 56.8 Å². The number of likely N-dealkylation sites (tertiary alicyclic amines) is 1. The highest BCUT2D eigenvalue weighted by atomic mass is 79.9. The number of carbonyl (C=O) groups is 3. The molecule has 6 atom stereocenters. The first-order chi connectivity index (χ1) is 18.3. The van der Waals surface area contributed by atoms with Crippen molar-refractivity contribution in [3.05, 3.63) is 48.5 Å². The molecular formula is C27H30BrN3O6S. The largest absolute Gasteiger partial charge is 0.497 e. The molecule has 3 aliphatic rings. The molecule has 2 aromatic rings. The molecule has 11 heteroatoms. The number of amides is 3. The molecule has 3 heterocycles. The number of alkyl halides is 1. The van der Waals surface area contributed by atoms with Crippen LogP contribution in [0.4, 0.5) is 11.4 Å². The number of ether oxygens (including phenoxy) is 2. The molecule has 2 bridgehead atoms. The zero-order chi connectivity index (χ0) is 27.0. The fraction of sp³-hybridized carbons (Fsp3) is 0.444. The normalized spacial score (nSPS) is 29.2. The second-order valence-corrected chi connectivity index (χ2v) is 12.3. The second kappa shape index (κ2) is 10.8. The summed E-state index contributed by atoms with van der Waals surface area (Å²) < 4.78 is 9.88. The molecule has 2 aromatic carbocycles. The summed E-state index contributed by atoms with van der Waals surface area (Å²) in [6, 6.07) is 13.2. The number of thioether (sulfide) groups is 1. The van der Waals surface area contributed by atoms with E-state index < -0.39 is 22.6 Å². The molecule has 3 saturated heterocycles. The Hall–Kier alpha value is -2.76. The molecule has 3 N–H and O–H groups in total. The first kappa shape index (κ1) is 26.8. The van der Waals surface area contributed by atoms with Crippen LogP contribution in [-0.4, -0.2) is 75.5 Å². The molecule has 3 unspecified atom stereocenters. The first-order valence-corrected chi connectivity index (χ1v) is 14.3.